The fourth-order valence-electron chi connectivity index (χ4n) is 5.82. The Bertz CT molecular complexity index is 1020. The second kappa shape index (κ2) is 9.30. The van der Waals surface area contributed by atoms with Gasteiger partial charge in [0, 0.05) is 50.8 Å². The smallest absolute Gasteiger partial charge is 0.381 e. The Hall–Kier alpha value is -2.45. The number of benzene rings is 1. The van der Waals surface area contributed by atoms with Crippen molar-refractivity contribution in [2.45, 2.75) is 68.7 Å². The summed E-state index contributed by atoms with van der Waals surface area (Å²) in [4.78, 5) is 20.1. The zero-order chi connectivity index (χ0) is 23.8. The fourth-order valence-corrected chi connectivity index (χ4v) is 5.82. The Balaban J connectivity index is 1.39. The van der Waals surface area contributed by atoms with Gasteiger partial charge in [-0.2, -0.15) is 13.2 Å². The summed E-state index contributed by atoms with van der Waals surface area (Å²) in [6, 6.07) is 8.31. The van der Waals surface area contributed by atoms with Crippen molar-refractivity contribution in [1.82, 2.24) is 15.2 Å². The van der Waals surface area contributed by atoms with E-state index in [0.29, 0.717) is 37.4 Å². The maximum absolute atomic E-state index is 14.1. The van der Waals surface area contributed by atoms with E-state index in [1.807, 2.05) is 12.1 Å². The number of nitrogens with zero attached hydrogens (tertiary/aromatic N) is 2. The van der Waals surface area contributed by atoms with Crippen LogP contribution in [0.4, 0.5) is 13.2 Å². The van der Waals surface area contributed by atoms with Crippen molar-refractivity contribution < 1.29 is 22.7 Å². The summed E-state index contributed by atoms with van der Waals surface area (Å²) in [5.41, 5.74) is 0.995. The van der Waals surface area contributed by atoms with E-state index in [-0.39, 0.29) is 18.5 Å². The van der Waals surface area contributed by atoms with Gasteiger partial charge in [-0.1, -0.05) is 12.1 Å². The molecule has 8 heteroatoms. The van der Waals surface area contributed by atoms with Gasteiger partial charge in [0.25, 0.3) is 0 Å². The molecule has 2 aliphatic heterocycles. The van der Waals surface area contributed by atoms with Crippen LogP contribution in [0.15, 0.2) is 42.7 Å². The standard InChI is InChI=1S/C26H30F3N3O2/c27-26(28,29)20-4-3-18-6-11-32(17-19(18)14-20)24(33)25(21-2-1-10-30-16-21)9-5-23(15-25)31-22-7-12-34-13-8-22/h1-4,10,14,16,22-23,31H,5-9,11-13,15,17H2/t23-,25+/m1/s1. The molecule has 2 atom stereocenters. The Morgan fingerprint density at radius 2 is 1.94 bits per heavy atom. The van der Waals surface area contributed by atoms with E-state index in [1.54, 1.807) is 23.4 Å². The van der Waals surface area contributed by atoms with Crippen LogP contribution in [0.5, 0.6) is 0 Å². The summed E-state index contributed by atoms with van der Waals surface area (Å²) >= 11 is 0. The third-order valence-corrected chi connectivity index (χ3v) is 7.66. The maximum Gasteiger partial charge on any atom is 0.416 e. The number of aromatic nitrogens is 1. The van der Waals surface area contributed by atoms with Gasteiger partial charge in [0.05, 0.1) is 11.0 Å². The number of amides is 1. The van der Waals surface area contributed by atoms with Gasteiger partial charge in [-0.25, -0.2) is 0 Å². The summed E-state index contributed by atoms with van der Waals surface area (Å²) in [6.45, 7) is 2.23. The molecule has 0 radical (unpaired) electrons. The highest BCUT2D eigenvalue weighted by Crippen LogP contribution is 2.44. The van der Waals surface area contributed by atoms with Crippen LogP contribution in [0.2, 0.25) is 0 Å². The highest BCUT2D eigenvalue weighted by molar-refractivity contribution is 5.89. The summed E-state index contributed by atoms with van der Waals surface area (Å²) in [5, 5.41) is 3.74. The van der Waals surface area contributed by atoms with Gasteiger partial charge in [-0.05, 0) is 73.4 Å². The van der Waals surface area contributed by atoms with Crippen molar-refractivity contribution in [2.75, 3.05) is 19.8 Å². The Morgan fingerprint density at radius 3 is 2.68 bits per heavy atom. The number of ether oxygens (including phenoxy) is 1. The van der Waals surface area contributed by atoms with Crippen LogP contribution in [0.25, 0.3) is 0 Å². The second-order valence-electron chi connectivity index (χ2n) is 9.77. The van der Waals surface area contributed by atoms with Crippen LogP contribution in [0.3, 0.4) is 0 Å². The lowest BCUT2D eigenvalue weighted by Gasteiger charge is -2.38. The van der Waals surface area contributed by atoms with Crippen molar-refractivity contribution in [3.05, 3.63) is 65.0 Å². The topological polar surface area (TPSA) is 54.5 Å². The third kappa shape index (κ3) is 4.58. The van der Waals surface area contributed by atoms with Gasteiger partial charge in [0.15, 0.2) is 0 Å². The van der Waals surface area contributed by atoms with Crippen LogP contribution in [-0.4, -0.2) is 47.6 Å². The first-order valence-corrected chi connectivity index (χ1v) is 12.1. The lowest BCUT2D eigenvalue weighted by molar-refractivity contribution is -0.138. The molecule has 1 saturated heterocycles. The quantitative estimate of drug-likeness (QED) is 0.722. The minimum atomic E-state index is -4.40. The molecule has 3 heterocycles. The predicted octanol–water partition coefficient (Wildman–Crippen LogP) is 4.24. The number of alkyl halides is 3. The van der Waals surface area contributed by atoms with Gasteiger partial charge < -0.3 is 15.0 Å². The van der Waals surface area contributed by atoms with E-state index >= 15 is 0 Å². The summed E-state index contributed by atoms with van der Waals surface area (Å²) in [5.74, 6) is -0.000149. The molecule has 2 fully saturated rings. The van der Waals surface area contributed by atoms with Crippen LogP contribution in [0, 0.1) is 0 Å². The van der Waals surface area contributed by atoms with Crippen molar-refractivity contribution >= 4 is 5.91 Å². The minimum absolute atomic E-state index is 0.000149. The molecule has 0 bridgehead atoms. The molecular formula is C26H30F3N3O2. The van der Waals surface area contributed by atoms with Crippen molar-refractivity contribution in [1.29, 1.82) is 0 Å². The molecule has 2 aromatic rings. The molecule has 182 valence electrons. The lowest BCUT2D eigenvalue weighted by Crippen LogP contribution is -2.49. The molecule has 1 aromatic heterocycles. The van der Waals surface area contributed by atoms with Gasteiger partial charge in [0.2, 0.25) is 5.91 Å². The highest BCUT2D eigenvalue weighted by atomic mass is 19.4. The van der Waals surface area contributed by atoms with Crippen LogP contribution >= 0.6 is 0 Å². The molecule has 0 spiro atoms. The summed E-state index contributed by atoms with van der Waals surface area (Å²) in [7, 11) is 0. The van der Waals surface area contributed by atoms with Crippen molar-refractivity contribution in [3.63, 3.8) is 0 Å². The van der Waals surface area contributed by atoms with Gasteiger partial charge >= 0.3 is 6.18 Å². The van der Waals surface area contributed by atoms with Gasteiger partial charge in [0.1, 0.15) is 0 Å². The van der Waals surface area contributed by atoms with Crippen LogP contribution in [-0.2, 0) is 34.1 Å². The summed E-state index contributed by atoms with van der Waals surface area (Å²) in [6.07, 6.45) is 3.81. The first-order valence-electron chi connectivity index (χ1n) is 12.1. The molecule has 5 nitrogen and oxygen atoms in total. The molecule has 0 unspecified atom stereocenters. The zero-order valence-electron chi connectivity index (χ0n) is 19.1. The largest absolute Gasteiger partial charge is 0.416 e. The summed E-state index contributed by atoms with van der Waals surface area (Å²) < 4.78 is 45.3. The van der Waals surface area contributed by atoms with Crippen molar-refractivity contribution in [3.8, 4) is 0 Å². The number of pyridine rings is 1. The molecule has 1 N–H and O–H groups in total. The van der Waals surface area contributed by atoms with Crippen LogP contribution in [0.1, 0.15) is 54.4 Å². The number of hydrogen-bond acceptors (Lipinski definition) is 4. The second-order valence-corrected chi connectivity index (χ2v) is 9.77. The molecule has 5 rings (SSSR count). The molecule has 3 aliphatic rings. The molecule has 1 saturated carbocycles. The fraction of sp³-hybridized carbons (Fsp3) is 0.538. The zero-order valence-corrected chi connectivity index (χ0v) is 19.1. The monoisotopic (exact) mass is 473 g/mol. The van der Waals surface area contributed by atoms with E-state index in [1.165, 1.54) is 6.07 Å². The first-order chi connectivity index (χ1) is 16.3. The normalized spacial score (nSPS) is 25.9. The molecule has 1 aliphatic carbocycles. The number of nitrogens with one attached hydrogen (secondary N) is 1. The number of hydrogen-bond donors (Lipinski definition) is 1. The van der Waals surface area contributed by atoms with E-state index in [2.05, 4.69) is 10.3 Å². The molecule has 1 aromatic carbocycles. The molecule has 34 heavy (non-hydrogen) atoms. The Morgan fingerprint density at radius 1 is 1.12 bits per heavy atom. The highest BCUT2D eigenvalue weighted by Gasteiger charge is 2.49. The minimum Gasteiger partial charge on any atom is -0.381 e. The first kappa shape index (κ1) is 23.3. The van der Waals surface area contributed by atoms with Crippen LogP contribution < -0.4 is 5.32 Å². The number of fused-ring (bicyclic) bond motifs is 1. The van der Waals surface area contributed by atoms with E-state index < -0.39 is 17.2 Å². The number of rotatable bonds is 4. The number of halogens is 3. The average molecular weight is 474 g/mol. The number of carbonyl (C=O) groups excluding carboxylic acids is 1. The number of carbonyl (C=O) groups is 1. The van der Waals surface area contributed by atoms with E-state index in [0.717, 1.165) is 49.7 Å². The van der Waals surface area contributed by atoms with Crippen molar-refractivity contribution in [2.24, 2.45) is 0 Å². The average Bonchev–Trinajstić information content (AvgIpc) is 3.28. The third-order valence-electron chi connectivity index (χ3n) is 7.66. The molecular weight excluding hydrogens is 443 g/mol. The van der Waals surface area contributed by atoms with E-state index in [4.69, 9.17) is 4.74 Å². The predicted molar refractivity (Wildman–Crippen MR) is 121 cm³/mol. The van der Waals surface area contributed by atoms with Gasteiger partial charge in [-0.15, -0.1) is 0 Å². The van der Waals surface area contributed by atoms with Gasteiger partial charge in [-0.3, -0.25) is 9.78 Å². The maximum atomic E-state index is 14.1. The lowest BCUT2D eigenvalue weighted by atomic mass is 9.77. The molecule has 1 amide bonds. The van der Waals surface area contributed by atoms with E-state index in [9.17, 15) is 18.0 Å². The Labute approximate surface area is 197 Å². The Kier molecular flexibility index (Phi) is 6.37. The SMILES string of the molecule is O=C(N1CCc2ccc(C(F)(F)F)cc2C1)[C@@]1(c2cccnc2)CC[C@@H](NC2CCOCC2)C1.